The maximum atomic E-state index is 10.9. The van der Waals surface area contributed by atoms with E-state index < -0.39 is 12.2 Å². The highest BCUT2D eigenvalue weighted by molar-refractivity contribution is 6.30. The zero-order valence-electron chi connectivity index (χ0n) is 8.93. The number of rotatable bonds is 4. The number of amides is 1. The van der Waals surface area contributed by atoms with Gasteiger partial charge in [0.15, 0.2) is 0 Å². The topological polar surface area (TPSA) is 60.8 Å². The summed E-state index contributed by atoms with van der Waals surface area (Å²) in [7, 11) is 0. The lowest BCUT2D eigenvalue weighted by Crippen LogP contribution is -2.34. The summed E-state index contributed by atoms with van der Waals surface area (Å²) in [6, 6.07) is 6.94. The standard InChI is InChI=1S/C11H14ClNO3/c1-8(14)6-13(11(15)16)7-9-2-4-10(12)5-3-9/h2-5,8,14H,6-7H2,1H3,(H,15,16). The van der Waals surface area contributed by atoms with Crippen molar-refractivity contribution in [1.29, 1.82) is 0 Å². The summed E-state index contributed by atoms with van der Waals surface area (Å²) < 4.78 is 0. The van der Waals surface area contributed by atoms with E-state index in [4.69, 9.17) is 21.8 Å². The number of benzene rings is 1. The van der Waals surface area contributed by atoms with Gasteiger partial charge in [-0.05, 0) is 24.6 Å². The maximum absolute atomic E-state index is 10.9. The van der Waals surface area contributed by atoms with Gasteiger partial charge in [-0.3, -0.25) is 0 Å². The first kappa shape index (κ1) is 12.8. The number of hydrogen-bond donors (Lipinski definition) is 2. The first-order valence-corrected chi connectivity index (χ1v) is 5.27. The van der Waals surface area contributed by atoms with Gasteiger partial charge < -0.3 is 15.1 Å². The highest BCUT2D eigenvalue weighted by Crippen LogP contribution is 2.11. The summed E-state index contributed by atoms with van der Waals surface area (Å²) in [5.41, 5.74) is 0.840. The molecule has 0 heterocycles. The Labute approximate surface area is 99.1 Å². The lowest BCUT2D eigenvalue weighted by molar-refractivity contribution is 0.101. The summed E-state index contributed by atoms with van der Waals surface area (Å²) in [4.78, 5) is 12.1. The molecule has 1 atom stereocenters. The molecule has 1 aromatic rings. The fourth-order valence-electron chi connectivity index (χ4n) is 1.34. The molecule has 1 aromatic carbocycles. The molecule has 1 rings (SSSR count). The van der Waals surface area contributed by atoms with Crippen molar-refractivity contribution in [1.82, 2.24) is 4.90 Å². The highest BCUT2D eigenvalue weighted by atomic mass is 35.5. The Morgan fingerprint density at radius 3 is 2.44 bits per heavy atom. The largest absolute Gasteiger partial charge is 0.465 e. The van der Waals surface area contributed by atoms with Crippen LogP contribution in [-0.4, -0.2) is 33.9 Å². The van der Waals surface area contributed by atoms with E-state index in [-0.39, 0.29) is 13.1 Å². The Morgan fingerprint density at radius 1 is 1.44 bits per heavy atom. The lowest BCUT2D eigenvalue weighted by Gasteiger charge is -2.20. The molecule has 1 amide bonds. The fraction of sp³-hybridized carbons (Fsp3) is 0.364. The van der Waals surface area contributed by atoms with Gasteiger partial charge in [-0.2, -0.15) is 0 Å². The van der Waals surface area contributed by atoms with Crippen molar-refractivity contribution in [3.8, 4) is 0 Å². The molecule has 0 aliphatic rings. The molecule has 5 heteroatoms. The van der Waals surface area contributed by atoms with Gasteiger partial charge >= 0.3 is 6.09 Å². The molecule has 0 saturated heterocycles. The van der Waals surface area contributed by atoms with Crippen molar-refractivity contribution in [3.63, 3.8) is 0 Å². The van der Waals surface area contributed by atoms with E-state index >= 15 is 0 Å². The fourth-order valence-corrected chi connectivity index (χ4v) is 1.47. The molecular formula is C11H14ClNO3. The molecule has 16 heavy (non-hydrogen) atoms. The van der Waals surface area contributed by atoms with E-state index in [0.717, 1.165) is 10.5 Å². The predicted molar refractivity (Wildman–Crippen MR) is 61.6 cm³/mol. The van der Waals surface area contributed by atoms with E-state index in [2.05, 4.69) is 0 Å². The molecule has 0 aromatic heterocycles. The number of carboxylic acid groups (broad SMARTS) is 1. The first-order chi connectivity index (χ1) is 7.49. The minimum Gasteiger partial charge on any atom is -0.465 e. The van der Waals surface area contributed by atoms with Crippen LogP contribution in [0.2, 0.25) is 5.02 Å². The molecule has 0 spiro atoms. The third kappa shape index (κ3) is 4.08. The second-order valence-electron chi connectivity index (χ2n) is 3.64. The molecule has 0 fully saturated rings. The molecule has 4 nitrogen and oxygen atoms in total. The SMILES string of the molecule is CC(O)CN(Cc1ccc(Cl)cc1)C(=O)O. The average molecular weight is 244 g/mol. The number of aliphatic hydroxyl groups excluding tert-OH is 1. The summed E-state index contributed by atoms with van der Waals surface area (Å²) in [5, 5.41) is 18.7. The third-order valence-corrected chi connectivity index (χ3v) is 2.29. The molecule has 0 aliphatic heterocycles. The van der Waals surface area contributed by atoms with Crippen molar-refractivity contribution in [3.05, 3.63) is 34.9 Å². The van der Waals surface area contributed by atoms with E-state index in [1.807, 2.05) is 0 Å². The Bertz CT molecular complexity index is 351. The van der Waals surface area contributed by atoms with Crippen LogP contribution in [0.3, 0.4) is 0 Å². The second kappa shape index (κ2) is 5.72. The van der Waals surface area contributed by atoms with Gasteiger partial charge in [0.1, 0.15) is 0 Å². The van der Waals surface area contributed by atoms with Crippen LogP contribution in [-0.2, 0) is 6.54 Å². The molecule has 2 N–H and O–H groups in total. The van der Waals surface area contributed by atoms with Gasteiger partial charge in [-0.1, -0.05) is 23.7 Å². The van der Waals surface area contributed by atoms with Crippen LogP contribution in [0.5, 0.6) is 0 Å². The number of carbonyl (C=O) groups is 1. The number of halogens is 1. The molecule has 0 aliphatic carbocycles. The summed E-state index contributed by atoms with van der Waals surface area (Å²) in [5.74, 6) is 0. The van der Waals surface area contributed by atoms with Gasteiger partial charge in [-0.15, -0.1) is 0 Å². The molecular weight excluding hydrogens is 230 g/mol. The van der Waals surface area contributed by atoms with Gasteiger partial charge in [0.25, 0.3) is 0 Å². The highest BCUT2D eigenvalue weighted by Gasteiger charge is 2.14. The number of aliphatic hydroxyl groups is 1. The van der Waals surface area contributed by atoms with Gasteiger partial charge in [0.2, 0.25) is 0 Å². The zero-order valence-corrected chi connectivity index (χ0v) is 9.68. The average Bonchev–Trinajstić information content (AvgIpc) is 2.19. The van der Waals surface area contributed by atoms with Gasteiger partial charge in [0, 0.05) is 11.6 Å². The number of hydrogen-bond acceptors (Lipinski definition) is 2. The van der Waals surface area contributed by atoms with Crippen molar-refractivity contribution in [2.45, 2.75) is 19.6 Å². The Hall–Kier alpha value is -1.26. The first-order valence-electron chi connectivity index (χ1n) is 4.89. The van der Waals surface area contributed by atoms with E-state index in [0.29, 0.717) is 5.02 Å². The van der Waals surface area contributed by atoms with Crippen molar-refractivity contribution < 1.29 is 15.0 Å². The third-order valence-electron chi connectivity index (χ3n) is 2.04. The minimum atomic E-state index is -1.05. The van der Waals surface area contributed by atoms with E-state index in [9.17, 15) is 4.79 Å². The Morgan fingerprint density at radius 2 is 2.00 bits per heavy atom. The van der Waals surface area contributed by atoms with Gasteiger partial charge in [0.05, 0.1) is 12.6 Å². The quantitative estimate of drug-likeness (QED) is 0.852. The summed E-state index contributed by atoms with van der Waals surface area (Å²) >= 11 is 5.73. The van der Waals surface area contributed by atoms with Gasteiger partial charge in [-0.25, -0.2) is 4.79 Å². The summed E-state index contributed by atoms with van der Waals surface area (Å²) in [6.45, 7) is 1.90. The van der Waals surface area contributed by atoms with Crippen LogP contribution in [0.4, 0.5) is 4.79 Å². The predicted octanol–water partition coefficient (Wildman–Crippen LogP) is 2.20. The Kier molecular flexibility index (Phi) is 4.58. The minimum absolute atomic E-state index is 0.0952. The molecule has 0 bridgehead atoms. The van der Waals surface area contributed by atoms with Crippen LogP contribution in [0.15, 0.2) is 24.3 Å². The van der Waals surface area contributed by atoms with Crippen molar-refractivity contribution >= 4 is 17.7 Å². The maximum Gasteiger partial charge on any atom is 0.407 e. The van der Waals surface area contributed by atoms with Crippen LogP contribution in [0.25, 0.3) is 0 Å². The molecule has 0 saturated carbocycles. The van der Waals surface area contributed by atoms with E-state index in [1.54, 1.807) is 31.2 Å². The number of nitrogens with zero attached hydrogens (tertiary/aromatic N) is 1. The van der Waals surface area contributed by atoms with Crippen molar-refractivity contribution in [2.75, 3.05) is 6.54 Å². The molecule has 1 unspecified atom stereocenters. The normalized spacial score (nSPS) is 12.2. The van der Waals surface area contributed by atoms with Crippen LogP contribution in [0, 0.1) is 0 Å². The van der Waals surface area contributed by atoms with Crippen LogP contribution >= 0.6 is 11.6 Å². The van der Waals surface area contributed by atoms with E-state index in [1.165, 1.54) is 0 Å². The van der Waals surface area contributed by atoms with Crippen molar-refractivity contribution in [2.24, 2.45) is 0 Å². The summed E-state index contributed by atoms with van der Waals surface area (Å²) in [6.07, 6.45) is -1.72. The Balaban J connectivity index is 2.68. The molecule has 0 radical (unpaired) electrons. The smallest absolute Gasteiger partial charge is 0.407 e. The monoisotopic (exact) mass is 243 g/mol. The molecule has 88 valence electrons. The van der Waals surface area contributed by atoms with Crippen LogP contribution in [0.1, 0.15) is 12.5 Å². The second-order valence-corrected chi connectivity index (χ2v) is 4.08. The lowest BCUT2D eigenvalue weighted by atomic mass is 10.2. The zero-order chi connectivity index (χ0) is 12.1. The van der Waals surface area contributed by atoms with Crippen LogP contribution < -0.4 is 0 Å².